The number of benzene rings is 1. The summed E-state index contributed by atoms with van der Waals surface area (Å²) < 4.78 is 11.6. The summed E-state index contributed by atoms with van der Waals surface area (Å²) in [5.41, 5.74) is -0.435. The van der Waals surface area contributed by atoms with Gasteiger partial charge in [0, 0.05) is 18.6 Å². The third-order valence-electron chi connectivity index (χ3n) is 2.95. The van der Waals surface area contributed by atoms with Gasteiger partial charge in [0.1, 0.15) is 17.4 Å². The third kappa shape index (κ3) is 2.01. The molecule has 1 atom stereocenters. The summed E-state index contributed by atoms with van der Waals surface area (Å²) in [6, 6.07) is 9.94. The molecule has 1 aliphatic heterocycles. The first-order chi connectivity index (χ1) is 8.03. The van der Waals surface area contributed by atoms with Crippen molar-refractivity contribution >= 4 is 0 Å². The monoisotopic (exact) mass is 231 g/mol. The smallest absolute Gasteiger partial charge is 0.186 e. The van der Waals surface area contributed by atoms with Gasteiger partial charge in [-0.05, 0) is 26.8 Å². The predicted octanol–water partition coefficient (Wildman–Crippen LogP) is 3.00. The van der Waals surface area contributed by atoms with E-state index in [0.29, 0.717) is 13.0 Å². The summed E-state index contributed by atoms with van der Waals surface area (Å²) in [6.45, 7) is 6.38. The van der Waals surface area contributed by atoms with Crippen LogP contribution in [0.25, 0.3) is 0 Å². The van der Waals surface area contributed by atoms with E-state index in [2.05, 4.69) is 6.07 Å². The minimum atomic E-state index is -0.882. The fraction of sp³-hybridized carbons (Fsp3) is 0.500. The molecule has 17 heavy (non-hydrogen) atoms. The van der Waals surface area contributed by atoms with Crippen molar-refractivity contribution in [2.45, 2.75) is 38.4 Å². The zero-order valence-corrected chi connectivity index (χ0v) is 10.5. The van der Waals surface area contributed by atoms with Gasteiger partial charge in [-0.15, -0.1) is 0 Å². The fourth-order valence-corrected chi connectivity index (χ4v) is 2.42. The minimum Gasteiger partial charge on any atom is -0.487 e. The Balaban J connectivity index is 2.56. The Kier molecular flexibility index (Phi) is 2.84. The molecule has 0 saturated carbocycles. The third-order valence-corrected chi connectivity index (χ3v) is 2.95. The normalized spacial score (nSPS) is 25.5. The van der Waals surface area contributed by atoms with Gasteiger partial charge in [0.15, 0.2) is 5.60 Å². The van der Waals surface area contributed by atoms with Crippen LogP contribution in [0.15, 0.2) is 24.3 Å². The molecule has 1 aromatic rings. The van der Waals surface area contributed by atoms with Crippen molar-refractivity contribution in [1.82, 2.24) is 0 Å². The molecular formula is C14H17NO2. The van der Waals surface area contributed by atoms with Crippen LogP contribution in [0.4, 0.5) is 0 Å². The second-order valence-electron chi connectivity index (χ2n) is 4.91. The molecule has 0 spiro atoms. The van der Waals surface area contributed by atoms with Gasteiger partial charge < -0.3 is 9.47 Å². The van der Waals surface area contributed by atoms with Crippen molar-refractivity contribution in [3.8, 4) is 11.8 Å². The minimum absolute atomic E-state index is 0.390. The number of nitrogens with zero attached hydrogens (tertiary/aromatic N) is 1. The van der Waals surface area contributed by atoms with Gasteiger partial charge in [-0.25, -0.2) is 0 Å². The zero-order chi connectivity index (χ0) is 12.5. The Hall–Kier alpha value is -1.53. The summed E-state index contributed by atoms with van der Waals surface area (Å²) in [5.74, 6) is 0.749. The lowest BCUT2D eigenvalue weighted by molar-refractivity contribution is -0.0725. The molecule has 3 heteroatoms. The number of fused-ring (bicyclic) bond motifs is 1. The van der Waals surface area contributed by atoms with E-state index >= 15 is 0 Å². The maximum Gasteiger partial charge on any atom is 0.186 e. The highest BCUT2D eigenvalue weighted by Gasteiger charge is 2.46. The van der Waals surface area contributed by atoms with Crippen LogP contribution in [0.5, 0.6) is 5.75 Å². The summed E-state index contributed by atoms with van der Waals surface area (Å²) in [4.78, 5) is 0. The van der Waals surface area contributed by atoms with Crippen molar-refractivity contribution in [1.29, 1.82) is 5.26 Å². The first-order valence-corrected chi connectivity index (χ1v) is 5.87. The zero-order valence-electron chi connectivity index (χ0n) is 10.5. The number of para-hydroxylation sites is 1. The molecule has 0 bridgehead atoms. The van der Waals surface area contributed by atoms with Gasteiger partial charge in [-0.2, -0.15) is 5.26 Å². The van der Waals surface area contributed by atoms with Gasteiger partial charge in [-0.3, -0.25) is 0 Å². The maximum absolute atomic E-state index is 9.52. The number of rotatable bonds is 2. The first-order valence-electron chi connectivity index (χ1n) is 5.87. The van der Waals surface area contributed by atoms with Crippen LogP contribution in [0.1, 0.15) is 32.8 Å². The van der Waals surface area contributed by atoms with Crippen LogP contribution in [-0.2, 0) is 10.3 Å². The molecule has 0 aliphatic carbocycles. The van der Waals surface area contributed by atoms with Gasteiger partial charge in [0.25, 0.3) is 0 Å². The molecule has 0 aromatic heterocycles. The summed E-state index contributed by atoms with van der Waals surface area (Å²) in [5, 5.41) is 9.52. The Morgan fingerprint density at radius 2 is 2.12 bits per heavy atom. The fourth-order valence-electron chi connectivity index (χ4n) is 2.42. The highest BCUT2D eigenvalue weighted by Crippen LogP contribution is 2.45. The molecule has 1 aliphatic rings. The summed E-state index contributed by atoms with van der Waals surface area (Å²) in [6.07, 6.45) is 0.543. The Morgan fingerprint density at radius 3 is 2.76 bits per heavy atom. The largest absolute Gasteiger partial charge is 0.487 e. The average Bonchev–Trinajstić information content (AvgIpc) is 2.28. The van der Waals surface area contributed by atoms with Crippen molar-refractivity contribution in [2.24, 2.45) is 0 Å². The maximum atomic E-state index is 9.52. The van der Waals surface area contributed by atoms with Crippen LogP contribution in [0.2, 0.25) is 0 Å². The Bertz CT molecular complexity index is 462. The second-order valence-corrected chi connectivity index (χ2v) is 4.91. The highest BCUT2D eigenvalue weighted by molar-refractivity contribution is 5.44. The van der Waals surface area contributed by atoms with Gasteiger partial charge in [-0.1, -0.05) is 18.2 Å². The summed E-state index contributed by atoms with van der Waals surface area (Å²) >= 11 is 0. The molecular weight excluding hydrogens is 214 g/mol. The van der Waals surface area contributed by atoms with Crippen molar-refractivity contribution in [2.75, 3.05) is 6.61 Å². The molecule has 0 fully saturated rings. The molecule has 2 rings (SSSR count). The lowest BCUT2D eigenvalue weighted by atomic mass is 9.81. The van der Waals surface area contributed by atoms with E-state index in [4.69, 9.17) is 9.47 Å². The van der Waals surface area contributed by atoms with E-state index < -0.39 is 5.60 Å². The van der Waals surface area contributed by atoms with E-state index in [0.717, 1.165) is 11.3 Å². The van der Waals surface area contributed by atoms with E-state index in [1.54, 1.807) is 0 Å². The van der Waals surface area contributed by atoms with Crippen LogP contribution in [-0.4, -0.2) is 12.2 Å². The van der Waals surface area contributed by atoms with Crippen LogP contribution >= 0.6 is 0 Å². The second kappa shape index (κ2) is 4.05. The number of hydrogen-bond donors (Lipinski definition) is 0. The molecule has 1 heterocycles. The van der Waals surface area contributed by atoms with Gasteiger partial charge in [0.2, 0.25) is 0 Å². The van der Waals surface area contributed by atoms with E-state index in [1.165, 1.54) is 0 Å². The van der Waals surface area contributed by atoms with Crippen LogP contribution in [0.3, 0.4) is 0 Å². The lowest BCUT2D eigenvalue weighted by Gasteiger charge is -2.41. The van der Waals surface area contributed by atoms with E-state index in [-0.39, 0.29) is 5.60 Å². The van der Waals surface area contributed by atoms with Gasteiger partial charge in [0.05, 0.1) is 0 Å². The average molecular weight is 231 g/mol. The lowest BCUT2D eigenvalue weighted by Crippen LogP contribution is -2.45. The molecule has 0 saturated heterocycles. The SMILES string of the molecule is CCOC1(C#N)CC(C)(C)Oc2ccccc21. The van der Waals surface area contributed by atoms with Crippen LogP contribution < -0.4 is 4.74 Å². The number of nitriles is 1. The molecule has 3 nitrogen and oxygen atoms in total. The van der Waals surface area contributed by atoms with E-state index in [1.807, 2.05) is 45.0 Å². The topological polar surface area (TPSA) is 42.2 Å². The number of ether oxygens (including phenoxy) is 2. The molecule has 1 unspecified atom stereocenters. The standard InChI is InChI=1S/C14H17NO2/c1-4-16-14(10-15)9-13(2,3)17-12-8-6-5-7-11(12)14/h5-8H,4,9H2,1-3H3. The molecule has 0 amide bonds. The number of hydrogen-bond acceptors (Lipinski definition) is 3. The van der Waals surface area contributed by atoms with E-state index in [9.17, 15) is 5.26 Å². The van der Waals surface area contributed by atoms with Crippen LogP contribution in [0, 0.1) is 11.3 Å². The predicted molar refractivity (Wildman–Crippen MR) is 64.7 cm³/mol. The molecule has 1 aromatic carbocycles. The summed E-state index contributed by atoms with van der Waals surface area (Å²) in [7, 11) is 0. The highest BCUT2D eigenvalue weighted by atomic mass is 16.5. The Labute approximate surface area is 102 Å². The van der Waals surface area contributed by atoms with Crippen molar-refractivity contribution in [3.63, 3.8) is 0 Å². The van der Waals surface area contributed by atoms with Gasteiger partial charge >= 0.3 is 0 Å². The van der Waals surface area contributed by atoms with Crippen molar-refractivity contribution < 1.29 is 9.47 Å². The Morgan fingerprint density at radius 1 is 1.41 bits per heavy atom. The quantitative estimate of drug-likeness (QED) is 0.785. The molecule has 0 N–H and O–H groups in total. The molecule has 0 radical (unpaired) electrons. The van der Waals surface area contributed by atoms with Crippen molar-refractivity contribution in [3.05, 3.63) is 29.8 Å². The molecule has 90 valence electrons. The first kappa shape index (κ1) is 11.9.